The molecule has 5 nitrogen and oxygen atoms in total. The van der Waals surface area contributed by atoms with Crippen molar-refractivity contribution >= 4 is 23.4 Å². The first-order valence-electron chi connectivity index (χ1n) is 6.50. The zero-order chi connectivity index (χ0) is 14.4. The number of nitrogens with zero attached hydrogens (tertiary/aromatic N) is 2. The number of anilines is 1. The van der Waals surface area contributed by atoms with Crippen LogP contribution in [0.2, 0.25) is 0 Å². The number of fused-ring (bicyclic) bond motifs is 1. The number of aromatic amines is 1. The van der Waals surface area contributed by atoms with Crippen molar-refractivity contribution < 1.29 is 4.79 Å². The lowest BCUT2D eigenvalue weighted by Crippen LogP contribution is -2.04. The predicted octanol–water partition coefficient (Wildman–Crippen LogP) is 2.53. The first kappa shape index (κ1) is 12.6. The quantitative estimate of drug-likeness (QED) is 0.781. The minimum atomic E-state index is -0.135. The molecule has 0 aromatic carbocycles. The summed E-state index contributed by atoms with van der Waals surface area (Å²) in [5.41, 5.74) is 5.81. The lowest BCUT2D eigenvalue weighted by molar-refractivity contribution is -0.110. The Balaban J connectivity index is 2.13. The fourth-order valence-electron chi connectivity index (χ4n) is 2.36. The van der Waals surface area contributed by atoms with Crippen molar-refractivity contribution in [2.45, 2.75) is 27.7 Å². The molecule has 1 aliphatic heterocycles. The Bertz CT molecular complexity index is 755. The van der Waals surface area contributed by atoms with Gasteiger partial charge < -0.3 is 10.3 Å². The molecule has 0 aliphatic carbocycles. The smallest absolute Gasteiger partial charge is 0.257 e. The van der Waals surface area contributed by atoms with Gasteiger partial charge in [-0.2, -0.15) is 0 Å². The van der Waals surface area contributed by atoms with Crippen LogP contribution in [0.4, 0.5) is 5.82 Å². The van der Waals surface area contributed by atoms with Gasteiger partial charge in [-0.25, -0.2) is 9.97 Å². The van der Waals surface area contributed by atoms with Gasteiger partial charge in [0.05, 0.1) is 5.57 Å². The van der Waals surface area contributed by atoms with Gasteiger partial charge in [-0.1, -0.05) is 0 Å². The molecule has 5 heteroatoms. The van der Waals surface area contributed by atoms with Crippen LogP contribution in [-0.4, -0.2) is 20.9 Å². The van der Waals surface area contributed by atoms with Gasteiger partial charge in [0.25, 0.3) is 5.91 Å². The largest absolute Gasteiger partial charge is 0.359 e. The van der Waals surface area contributed by atoms with Crippen LogP contribution in [0.15, 0.2) is 6.20 Å². The van der Waals surface area contributed by atoms with Gasteiger partial charge >= 0.3 is 0 Å². The summed E-state index contributed by atoms with van der Waals surface area (Å²) in [6.07, 6.45) is 3.56. The van der Waals surface area contributed by atoms with Gasteiger partial charge in [-0.05, 0) is 44.9 Å². The number of rotatable bonds is 1. The fourth-order valence-corrected chi connectivity index (χ4v) is 2.36. The molecular formula is C15H16N4O. The number of carbonyl (C=O) groups excluding carboxylic acids is 1. The zero-order valence-corrected chi connectivity index (χ0v) is 12.0. The Labute approximate surface area is 117 Å². The molecule has 0 radical (unpaired) electrons. The number of H-pyrrole nitrogens is 1. The first-order valence-corrected chi connectivity index (χ1v) is 6.50. The second-order valence-electron chi connectivity index (χ2n) is 5.11. The molecule has 102 valence electrons. The lowest BCUT2D eigenvalue weighted by atomic mass is 10.1. The molecule has 2 aromatic heterocycles. The van der Waals surface area contributed by atoms with Crippen LogP contribution >= 0.6 is 0 Å². The molecule has 2 N–H and O–H groups in total. The number of aromatic nitrogens is 3. The minimum absolute atomic E-state index is 0.135. The summed E-state index contributed by atoms with van der Waals surface area (Å²) in [5, 5.41) is 2.78. The van der Waals surface area contributed by atoms with E-state index in [0.717, 1.165) is 22.5 Å². The summed E-state index contributed by atoms with van der Waals surface area (Å²) < 4.78 is 0. The topological polar surface area (TPSA) is 70.7 Å². The number of amides is 1. The average Bonchev–Trinajstić information content (AvgIpc) is 2.82. The van der Waals surface area contributed by atoms with Crippen LogP contribution in [0.3, 0.4) is 0 Å². The average molecular weight is 268 g/mol. The van der Waals surface area contributed by atoms with Crippen molar-refractivity contribution in [2.75, 3.05) is 5.32 Å². The molecule has 1 amide bonds. The lowest BCUT2D eigenvalue weighted by Gasteiger charge is -1.98. The van der Waals surface area contributed by atoms with Gasteiger partial charge in [0, 0.05) is 23.1 Å². The van der Waals surface area contributed by atoms with E-state index in [9.17, 15) is 4.79 Å². The fraction of sp³-hybridized carbons (Fsp3) is 0.267. The van der Waals surface area contributed by atoms with E-state index >= 15 is 0 Å². The van der Waals surface area contributed by atoms with Crippen molar-refractivity contribution in [2.24, 2.45) is 0 Å². The number of hydrogen-bond acceptors (Lipinski definition) is 3. The van der Waals surface area contributed by atoms with Crippen molar-refractivity contribution in [3.05, 3.63) is 40.1 Å². The van der Waals surface area contributed by atoms with E-state index in [0.29, 0.717) is 17.2 Å². The van der Waals surface area contributed by atoms with E-state index in [1.54, 1.807) is 13.1 Å². The third-order valence-electron chi connectivity index (χ3n) is 3.82. The van der Waals surface area contributed by atoms with E-state index in [1.165, 1.54) is 5.56 Å². The summed E-state index contributed by atoms with van der Waals surface area (Å²) in [5.74, 6) is 1.10. The molecule has 0 spiro atoms. The highest BCUT2D eigenvalue weighted by Gasteiger charge is 2.26. The van der Waals surface area contributed by atoms with E-state index < -0.39 is 0 Å². The highest BCUT2D eigenvalue weighted by Crippen LogP contribution is 2.31. The van der Waals surface area contributed by atoms with Crippen LogP contribution in [-0.2, 0) is 4.79 Å². The summed E-state index contributed by atoms with van der Waals surface area (Å²) in [6, 6.07) is 0. The number of hydrogen-bond donors (Lipinski definition) is 2. The monoisotopic (exact) mass is 268 g/mol. The van der Waals surface area contributed by atoms with Crippen LogP contribution in [0.25, 0.3) is 11.6 Å². The molecular weight excluding hydrogens is 252 g/mol. The van der Waals surface area contributed by atoms with Gasteiger partial charge in [-0.15, -0.1) is 0 Å². The Hall–Kier alpha value is -2.43. The third kappa shape index (κ3) is 1.82. The Morgan fingerprint density at radius 3 is 2.55 bits per heavy atom. The normalized spacial score (nSPS) is 15.6. The molecule has 0 bridgehead atoms. The molecule has 0 atom stereocenters. The second-order valence-corrected chi connectivity index (χ2v) is 5.11. The van der Waals surface area contributed by atoms with E-state index in [-0.39, 0.29) is 5.91 Å². The molecule has 0 saturated heterocycles. The van der Waals surface area contributed by atoms with Crippen molar-refractivity contribution in [1.29, 1.82) is 0 Å². The van der Waals surface area contributed by atoms with Crippen LogP contribution < -0.4 is 5.32 Å². The summed E-state index contributed by atoms with van der Waals surface area (Å²) in [6.45, 7) is 7.94. The number of aryl methyl sites for hydroxylation is 2. The maximum Gasteiger partial charge on any atom is 0.257 e. The van der Waals surface area contributed by atoms with Gasteiger partial charge in [-0.3, -0.25) is 4.79 Å². The van der Waals surface area contributed by atoms with E-state index in [2.05, 4.69) is 27.2 Å². The summed E-state index contributed by atoms with van der Waals surface area (Å²) in [7, 11) is 0. The Kier molecular flexibility index (Phi) is 2.71. The van der Waals surface area contributed by atoms with Crippen LogP contribution in [0.1, 0.15) is 33.9 Å². The van der Waals surface area contributed by atoms with E-state index in [4.69, 9.17) is 0 Å². The van der Waals surface area contributed by atoms with Crippen molar-refractivity contribution in [3.8, 4) is 0 Å². The molecule has 0 unspecified atom stereocenters. The van der Waals surface area contributed by atoms with Crippen LogP contribution in [0, 0.1) is 27.7 Å². The molecule has 0 fully saturated rings. The minimum Gasteiger partial charge on any atom is -0.359 e. The second kappa shape index (κ2) is 4.30. The zero-order valence-electron chi connectivity index (χ0n) is 12.0. The maximum absolute atomic E-state index is 12.1. The first-order chi connectivity index (χ1) is 9.47. The highest BCUT2D eigenvalue weighted by molar-refractivity contribution is 6.34. The van der Waals surface area contributed by atoms with Gasteiger partial charge in [0.2, 0.25) is 0 Å². The Morgan fingerprint density at radius 1 is 1.15 bits per heavy atom. The molecule has 0 saturated carbocycles. The Morgan fingerprint density at radius 2 is 1.90 bits per heavy atom. The van der Waals surface area contributed by atoms with E-state index in [1.807, 2.05) is 19.9 Å². The van der Waals surface area contributed by atoms with Gasteiger partial charge in [0.15, 0.2) is 0 Å². The summed E-state index contributed by atoms with van der Waals surface area (Å²) >= 11 is 0. The maximum atomic E-state index is 12.1. The molecule has 20 heavy (non-hydrogen) atoms. The molecule has 3 heterocycles. The standard InChI is InChI=1S/C15H16N4O/c1-7-8(2)13(17-9(7)3)5-11-12-6-16-10(4)18-14(12)19-15(11)20/h5-6,17H,1-4H3,(H,16,18,19,20). The summed E-state index contributed by atoms with van der Waals surface area (Å²) in [4.78, 5) is 23.8. The van der Waals surface area contributed by atoms with Crippen molar-refractivity contribution in [3.63, 3.8) is 0 Å². The highest BCUT2D eigenvalue weighted by atomic mass is 16.2. The van der Waals surface area contributed by atoms with Gasteiger partial charge in [0.1, 0.15) is 11.6 Å². The molecule has 3 rings (SSSR count). The SMILES string of the molecule is Cc1ncc2c(n1)NC(=O)C2=Cc1[nH]c(C)c(C)c1C. The molecule has 1 aliphatic rings. The predicted molar refractivity (Wildman–Crippen MR) is 78.3 cm³/mol. The number of nitrogens with one attached hydrogen (secondary N) is 2. The van der Waals surface area contributed by atoms with Crippen molar-refractivity contribution in [1.82, 2.24) is 15.0 Å². The van der Waals surface area contributed by atoms with Crippen LogP contribution in [0.5, 0.6) is 0 Å². The number of carbonyl (C=O) groups is 1. The third-order valence-corrected chi connectivity index (χ3v) is 3.82. The molecule has 2 aromatic rings.